The van der Waals surface area contributed by atoms with E-state index in [0.717, 1.165) is 18.2 Å². The predicted octanol–water partition coefficient (Wildman–Crippen LogP) is 2.21. The number of halogens is 1. The second-order valence-corrected chi connectivity index (χ2v) is 3.44. The van der Waals surface area contributed by atoms with Gasteiger partial charge in [-0.15, -0.1) is 5.10 Å². The summed E-state index contributed by atoms with van der Waals surface area (Å²) in [7, 11) is 0. The maximum atomic E-state index is 10.7. The summed E-state index contributed by atoms with van der Waals surface area (Å²) in [4.78, 5) is 19.8. The lowest BCUT2D eigenvalue weighted by molar-refractivity contribution is -0.394. The van der Waals surface area contributed by atoms with Crippen LogP contribution in [0.3, 0.4) is 0 Å². The molecule has 0 fully saturated rings. The van der Waals surface area contributed by atoms with Crippen molar-refractivity contribution >= 4 is 23.0 Å². The van der Waals surface area contributed by atoms with Gasteiger partial charge in [0.05, 0.1) is 21.5 Å². The Hall–Kier alpha value is -2.55. The number of hydrogen-bond donors (Lipinski definition) is 0. The summed E-state index contributed by atoms with van der Waals surface area (Å²) in [6.07, 6.45) is 0. The molecule has 0 aliphatic carbocycles. The van der Waals surface area contributed by atoms with E-state index >= 15 is 0 Å². The minimum Gasteiger partial charge on any atom is -0.407 e. The Labute approximate surface area is 103 Å². The zero-order valence-electron chi connectivity index (χ0n) is 8.44. The van der Waals surface area contributed by atoms with Crippen LogP contribution in [-0.2, 0) is 0 Å². The molecule has 1 aromatic heterocycles. The van der Waals surface area contributed by atoms with Crippen LogP contribution >= 0.6 is 11.6 Å². The van der Waals surface area contributed by atoms with Crippen LogP contribution in [-0.4, -0.2) is 20.0 Å². The summed E-state index contributed by atoms with van der Waals surface area (Å²) in [6.45, 7) is 0. The van der Waals surface area contributed by atoms with Crippen LogP contribution in [0.25, 0.3) is 11.5 Å². The molecule has 0 saturated carbocycles. The van der Waals surface area contributed by atoms with Crippen LogP contribution in [0.2, 0.25) is 5.35 Å². The number of benzene rings is 1. The molecule has 10 heteroatoms. The summed E-state index contributed by atoms with van der Waals surface area (Å²) in [6, 6.07) is 3.00. The van der Waals surface area contributed by atoms with Gasteiger partial charge in [-0.3, -0.25) is 20.2 Å². The molecule has 0 saturated heterocycles. The van der Waals surface area contributed by atoms with Gasteiger partial charge in [0, 0.05) is 12.1 Å². The van der Waals surface area contributed by atoms with Gasteiger partial charge in [-0.1, -0.05) is 5.10 Å². The van der Waals surface area contributed by atoms with Crippen molar-refractivity contribution < 1.29 is 14.3 Å². The smallest absolute Gasteiger partial charge is 0.313 e. The molecule has 0 unspecified atom stereocenters. The van der Waals surface area contributed by atoms with E-state index in [4.69, 9.17) is 16.0 Å². The molecule has 92 valence electrons. The van der Waals surface area contributed by atoms with Crippen molar-refractivity contribution in [1.82, 2.24) is 10.2 Å². The SMILES string of the molecule is O=[N+]([O-])c1cc(-c2nnc(Cl)o2)cc([N+](=O)[O-])c1. The predicted molar refractivity (Wildman–Crippen MR) is 58.1 cm³/mol. The fourth-order valence-electron chi connectivity index (χ4n) is 1.25. The molecule has 0 aliphatic heterocycles. The summed E-state index contributed by atoms with van der Waals surface area (Å²) in [5.41, 5.74) is -0.850. The van der Waals surface area contributed by atoms with Crippen LogP contribution in [0.1, 0.15) is 0 Å². The Bertz CT molecular complexity index is 608. The fraction of sp³-hybridized carbons (Fsp3) is 0. The molecule has 0 aliphatic rings. The Morgan fingerprint density at radius 3 is 2.00 bits per heavy atom. The zero-order valence-corrected chi connectivity index (χ0v) is 9.20. The zero-order chi connectivity index (χ0) is 13.3. The highest BCUT2D eigenvalue weighted by Gasteiger charge is 2.19. The van der Waals surface area contributed by atoms with Gasteiger partial charge in [-0.25, -0.2) is 0 Å². The van der Waals surface area contributed by atoms with Crippen LogP contribution in [0, 0.1) is 20.2 Å². The minimum absolute atomic E-state index is 0.0512. The largest absolute Gasteiger partial charge is 0.407 e. The van der Waals surface area contributed by atoms with Crippen molar-refractivity contribution in [3.8, 4) is 11.5 Å². The molecule has 1 heterocycles. The van der Waals surface area contributed by atoms with Gasteiger partial charge in [-0.2, -0.15) is 0 Å². The third-order valence-electron chi connectivity index (χ3n) is 1.97. The summed E-state index contributed by atoms with van der Waals surface area (Å²) < 4.78 is 4.84. The normalized spacial score (nSPS) is 10.3. The maximum absolute atomic E-state index is 10.7. The molecule has 0 atom stereocenters. The van der Waals surface area contributed by atoms with Crippen molar-refractivity contribution in [2.75, 3.05) is 0 Å². The highest BCUT2D eigenvalue weighted by molar-refractivity contribution is 6.27. The average molecular weight is 271 g/mol. The molecule has 0 radical (unpaired) electrons. The van der Waals surface area contributed by atoms with Gasteiger partial charge in [0.25, 0.3) is 11.4 Å². The molecule has 9 nitrogen and oxygen atoms in total. The lowest BCUT2D eigenvalue weighted by Crippen LogP contribution is -1.94. The molecule has 0 amide bonds. The van der Waals surface area contributed by atoms with Crippen LogP contribution in [0.4, 0.5) is 11.4 Å². The van der Waals surface area contributed by atoms with Gasteiger partial charge in [0.2, 0.25) is 5.89 Å². The lowest BCUT2D eigenvalue weighted by Gasteiger charge is -1.96. The average Bonchev–Trinajstić information content (AvgIpc) is 2.75. The van der Waals surface area contributed by atoms with E-state index in [1.165, 1.54) is 0 Å². The third kappa shape index (κ3) is 2.25. The van der Waals surface area contributed by atoms with E-state index in [9.17, 15) is 20.2 Å². The van der Waals surface area contributed by atoms with E-state index in [2.05, 4.69) is 10.2 Å². The van der Waals surface area contributed by atoms with Crippen molar-refractivity contribution in [1.29, 1.82) is 0 Å². The quantitative estimate of drug-likeness (QED) is 0.618. The van der Waals surface area contributed by atoms with Gasteiger partial charge in [0.1, 0.15) is 0 Å². The number of rotatable bonds is 3. The fourth-order valence-corrected chi connectivity index (χ4v) is 1.36. The lowest BCUT2D eigenvalue weighted by atomic mass is 10.2. The molecule has 18 heavy (non-hydrogen) atoms. The second kappa shape index (κ2) is 4.37. The number of non-ortho nitro benzene ring substituents is 2. The number of aromatic nitrogens is 2. The van der Waals surface area contributed by atoms with Crippen molar-refractivity contribution in [2.24, 2.45) is 0 Å². The molecule has 0 bridgehead atoms. The monoisotopic (exact) mass is 270 g/mol. The Morgan fingerprint density at radius 1 is 1.06 bits per heavy atom. The topological polar surface area (TPSA) is 125 Å². The van der Waals surface area contributed by atoms with Gasteiger partial charge in [0.15, 0.2) is 0 Å². The van der Waals surface area contributed by atoms with E-state index in [1.54, 1.807) is 0 Å². The van der Waals surface area contributed by atoms with E-state index in [0.29, 0.717) is 0 Å². The third-order valence-corrected chi connectivity index (χ3v) is 2.12. The Balaban J connectivity index is 2.60. The summed E-state index contributed by atoms with van der Waals surface area (Å²) in [5.74, 6) is -0.133. The standard InChI is InChI=1S/C8H3ClN4O5/c9-8-11-10-7(18-8)4-1-5(12(14)15)3-6(2-4)13(16)17/h1-3H. The Kier molecular flexibility index (Phi) is 2.90. The number of nitro groups is 2. The second-order valence-electron chi connectivity index (χ2n) is 3.11. The first kappa shape index (κ1) is 11.9. The molecule has 2 aromatic rings. The highest BCUT2D eigenvalue weighted by Crippen LogP contribution is 2.29. The summed E-state index contributed by atoms with van der Waals surface area (Å²) in [5, 5.41) is 27.9. The van der Waals surface area contributed by atoms with Crippen molar-refractivity contribution in [3.63, 3.8) is 0 Å². The van der Waals surface area contributed by atoms with Crippen molar-refractivity contribution in [3.05, 3.63) is 43.8 Å². The number of nitro benzene ring substituents is 2. The molecule has 2 rings (SSSR count). The first-order valence-electron chi connectivity index (χ1n) is 4.40. The first-order valence-corrected chi connectivity index (χ1v) is 4.78. The molecule has 1 aromatic carbocycles. The highest BCUT2D eigenvalue weighted by atomic mass is 35.5. The van der Waals surface area contributed by atoms with Gasteiger partial charge in [-0.05, 0) is 11.6 Å². The number of hydrogen-bond acceptors (Lipinski definition) is 7. The molecular formula is C8H3ClN4O5. The van der Waals surface area contributed by atoms with Gasteiger partial charge >= 0.3 is 5.35 Å². The Morgan fingerprint density at radius 2 is 1.61 bits per heavy atom. The van der Waals surface area contributed by atoms with E-state index < -0.39 is 21.2 Å². The van der Waals surface area contributed by atoms with Crippen LogP contribution in [0.15, 0.2) is 22.6 Å². The molecular weight excluding hydrogens is 268 g/mol. The van der Waals surface area contributed by atoms with Crippen LogP contribution in [0.5, 0.6) is 0 Å². The van der Waals surface area contributed by atoms with Crippen molar-refractivity contribution in [2.45, 2.75) is 0 Å². The minimum atomic E-state index is -0.755. The van der Waals surface area contributed by atoms with Gasteiger partial charge < -0.3 is 4.42 Å². The van der Waals surface area contributed by atoms with Crippen LogP contribution < -0.4 is 0 Å². The maximum Gasteiger partial charge on any atom is 0.313 e. The molecule has 0 spiro atoms. The summed E-state index contributed by atoms with van der Waals surface area (Å²) >= 11 is 5.41. The first-order chi connectivity index (χ1) is 8.47. The van der Waals surface area contributed by atoms with E-state index in [1.807, 2.05) is 0 Å². The molecule has 0 N–H and O–H groups in total. The number of nitrogens with zero attached hydrogens (tertiary/aromatic N) is 4. The van der Waals surface area contributed by atoms with E-state index in [-0.39, 0.29) is 16.8 Å².